The number of amides is 1. The Hall–Kier alpha value is -4.67. The normalized spacial score (nSPS) is 11.2. The maximum absolute atomic E-state index is 12.6. The molecular weight excluding hydrogens is 554 g/mol. The Morgan fingerprint density at radius 3 is 2.27 bits per heavy atom. The van der Waals surface area contributed by atoms with Gasteiger partial charge in [-0.3, -0.25) is 9.52 Å². The first-order chi connectivity index (χ1) is 19.2. The first-order valence-electron chi connectivity index (χ1n) is 11.8. The fourth-order valence-electron chi connectivity index (χ4n) is 3.48. The zero-order chi connectivity index (χ0) is 28.7. The Bertz CT molecular complexity index is 1670. The van der Waals surface area contributed by atoms with Crippen molar-refractivity contribution in [3.05, 3.63) is 118 Å². The molecule has 0 atom stereocenters. The van der Waals surface area contributed by atoms with Gasteiger partial charge in [-0.05, 0) is 79.2 Å². The highest BCUT2D eigenvalue weighted by molar-refractivity contribution is 7.92. The Kier molecular flexibility index (Phi) is 8.83. The number of carbonyl (C=O) groups excluding carboxylic acids is 2. The van der Waals surface area contributed by atoms with Crippen molar-refractivity contribution in [1.82, 2.24) is 5.43 Å². The third-order valence-corrected chi connectivity index (χ3v) is 7.32. The Morgan fingerprint density at radius 1 is 0.900 bits per heavy atom. The maximum Gasteiger partial charge on any atom is 0.345 e. The summed E-state index contributed by atoms with van der Waals surface area (Å²) in [6.45, 7) is 1.87. The van der Waals surface area contributed by atoms with Crippen molar-refractivity contribution in [2.24, 2.45) is 5.10 Å². The van der Waals surface area contributed by atoms with Gasteiger partial charge in [0.15, 0.2) is 11.5 Å². The van der Waals surface area contributed by atoms with Gasteiger partial charge in [-0.15, -0.1) is 0 Å². The molecule has 0 spiro atoms. The number of sulfonamides is 1. The fraction of sp³-hybridized carbons (Fsp3) is 0.0690. The number of anilines is 1. The summed E-state index contributed by atoms with van der Waals surface area (Å²) in [6, 6.07) is 23.7. The molecule has 0 bridgehead atoms. The van der Waals surface area contributed by atoms with Crippen LogP contribution in [0.4, 0.5) is 5.69 Å². The zero-order valence-corrected chi connectivity index (χ0v) is 23.0. The first kappa shape index (κ1) is 28.3. The number of esters is 1. The highest BCUT2D eigenvalue weighted by Gasteiger charge is 2.16. The van der Waals surface area contributed by atoms with Crippen molar-refractivity contribution in [3.8, 4) is 11.5 Å². The van der Waals surface area contributed by atoms with Crippen molar-refractivity contribution in [1.29, 1.82) is 0 Å². The van der Waals surface area contributed by atoms with Gasteiger partial charge in [-0.1, -0.05) is 41.4 Å². The van der Waals surface area contributed by atoms with Crippen molar-refractivity contribution in [2.75, 3.05) is 11.8 Å². The summed E-state index contributed by atoms with van der Waals surface area (Å²) in [6.07, 6.45) is 1.39. The number of carbonyl (C=O) groups is 2. The van der Waals surface area contributed by atoms with E-state index in [-0.39, 0.29) is 32.5 Å². The van der Waals surface area contributed by atoms with Gasteiger partial charge in [0.1, 0.15) is 0 Å². The number of hydrogen-bond donors (Lipinski definition) is 2. The van der Waals surface area contributed by atoms with E-state index in [0.29, 0.717) is 11.3 Å². The molecule has 0 aliphatic rings. The topological polar surface area (TPSA) is 123 Å². The Morgan fingerprint density at radius 2 is 1.60 bits per heavy atom. The van der Waals surface area contributed by atoms with E-state index in [1.165, 1.54) is 55.8 Å². The summed E-state index contributed by atoms with van der Waals surface area (Å²) in [5, 5.41) is 4.22. The average molecular weight is 578 g/mol. The number of hydrogen-bond acceptors (Lipinski definition) is 7. The molecule has 4 aromatic rings. The molecule has 0 saturated heterocycles. The van der Waals surface area contributed by atoms with Gasteiger partial charge in [0.05, 0.1) is 28.8 Å². The molecule has 0 saturated carbocycles. The van der Waals surface area contributed by atoms with Gasteiger partial charge in [-0.25, -0.2) is 18.6 Å². The number of benzene rings is 4. The van der Waals surface area contributed by atoms with Crippen LogP contribution in [-0.2, 0) is 10.0 Å². The zero-order valence-electron chi connectivity index (χ0n) is 21.4. The third kappa shape index (κ3) is 7.04. The maximum atomic E-state index is 12.6. The highest BCUT2D eigenvalue weighted by Crippen LogP contribution is 2.29. The van der Waals surface area contributed by atoms with Crippen LogP contribution in [0, 0.1) is 6.92 Å². The SMILES string of the molecule is COc1cc(/C=N\NC(=O)c2ccc(NS(=O)(=O)c3ccc(C)cc3)cc2)ccc1OC(=O)c1ccccc1Cl. The molecule has 0 fully saturated rings. The van der Waals surface area contributed by atoms with Gasteiger partial charge >= 0.3 is 5.97 Å². The van der Waals surface area contributed by atoms with E-state index in [9.17, 15) is 18.0 Å². The van der Waals surface area contributed by atoms with E-state index in [1.54, 1.807) is 48.5 Å². The molecule has 4 aromatic carbocycles. The number of methoxy groups -OCH3 is 1. The molecule has 1 amide bonds. The summed E-state index contributed by atoms with van der Waals surface area (Å²) in [7, 11) is -2.33. The van der Waals surface area contributed by atoms with Gasteiger partial charge in [0.2, 0.25) is 0 Å². The summed E-state index contributed by atoms with van der Waals surface area (Å²) in [5.74, 6) is -0.668. The molecule has 204 valence electrons. The van der Waals surface area contributed by atoms with Gasteiger partial charge in [-0.2, -0.15) is 5.10 Å². The Labute approximate surface area is 236 Å². The minimum atomic E-state index is -3.76. The number of nitrogens with zero attached hydrogens (tertiary/aromatic N) is 1. The Balaban J connectivity index is 1.36. The smallest absolute Gasteiger partial charge is 0.345 e. The van der Waals surface area contributed by atoms with E-state index in [4.69, 9.17) is 21.1 Å². The van der Waals surface area contributed by atoms with Crippen LogP contribution >= 0.6 is 11.6 Å². The molecule has 0 aliphatic heterocycles. The summed E-state index contributed by atoms with van der Waals surface area (Å²) >= 11 is 6.06. The molecule has 0 aliphatic carbocycles. The van der Waals surface area contributed by atoms with Crippen LogP contribution < -0.4 is 19.6 Å². The van der Waals surface area contributed by atoms with E-state index in [0.717, 1.165) is 5.56 Å². The number of halogens is 1. The number of nitrogens with one attached hydrogen (secondary N) is 2. The minimum absolute atomic E-state index is 0.137. The molecule has 4 rings (SSSR count). The minimum Gasteiger partial charge on any atom is -0.493 e. The van der Waals surface area contributed by atoms with E-state index < -0.39 is 21.9 Å². The third-order valence-electron chi connectivity index (χ3n) is 5.59. The number of aryl methyl sites for hydroxylation is 1. The molecule has 0 unspecified atom stereocenters. The second kappa shape index (κ2) is 12.5. The van der Waals surface area contributed by atoms with Crippen molar-refractivity contribution in [3.63, 3.8) is 0 Å². The number of rotatable bonds is 9. The van der Waals surface area contributed by atoms with Crippen LogP contribution in [0.2, 0.25) is 5.02 Å². The molecule has 9 nitrogen and oxygen atoms in total. The van der Waals surface area contributed by atoms with E-state index >= 15 is 0 Å². The number of ether oxygens (including phenoxy) is 2. The van der Waals surface area contributed by atoms with Gasteiger partial charge in [0, 0.05) is 11.3 Å². The predicted molar refractivity (Wildman–Crippen MR) is 153 cm³/mol. The predicted octanol–water partition coefficient (Wildman–Crippen LogP) is 5.44. The first-order valence-corrected chi connectivity index (χ1v) is 13.7. The molecular formula is C29H24ClN3O6S. The molecule has 0 heterocycles. The lowest BCUT2D eigenvalue weighted by Gasteiger charge is -2.10. The number of hydrazone groups is 1. The second-order valence-corrected chi connectivity index (χ2v) is 10.6. The molecule has 2 N–H and O–H groups in total. The largest absolute Gasteiger partial charge is 0.493 e. The molecule has 11 heteroatoms. The lowest BCUT2D eigenvalue weighted by Crippen LogP contribution is -2.18. The van der Waals surface area contributed by atoms with Crippen LogP contribution in [0.3, 0.4) is 0 Å². The van der Waals surface area contributed by atoms with Crippen LogP contribution in [0.1, 0.15) is 31.8 Å². The van der Waals surface area contributed by atoms with Crippen molar-refractivity contribution in [2.45, 2.75) is 11.8 Å². The quantitative estimate of drug-likeness (QED) is 0.118. The monoisotopic (exact) mass is 577 g/mol. The van der Waals surface area contributed by atoms with Crippen LogP contribution in [0.15, 0.2) is 101 Å². The van der Waals surface area contributed by atoms with Crippen molar-refractivity contribution >= 4 is 45.4 Å². The fourth-order valence-corrected chi connectivity index (χ4v) is 4.75. The highest BCUT2D eigenvalue weighted by atomic mass is 35.5. The van der Waals surface area contributed by atoms with Gasteiger partial charge < -0.3 is 9.47 Å². The average Bonchev–Trinajstić information content (AvgIpc) is 2.94. The summed E-state index contributed by atoms with van der Waals surface area (Å²) < 4.78 is 38.3. The summed E-state index contributed by atoms with van der Waals surface area (Å²) in [5.41, 5.74) is 4.72. The lowest BCUT2D eigenvalue weighted by atomic mass is 10.2. The molecule has 40 heavy (non-hydrogen) atoms. The van der Waals surface area contributed by atoms with E-state index in [2.05, 4.69) is 15.2 Å². The van der Waals surface area contributed by atoms with Crippen LogP contribution in [0.25, 0.3) is 0 Å². The molecule has 0 radical (unpaired) electrons. The lowest BCUT2D eigenvalue weighted by molar-refractivity contribution is 0.0729. The van der Waals surface area contributed by atoms with Crippen LogP contribution in [0.5, 0.6) is 11.5 Å². The van der Waals surface area contributed by atoms with E-state index in [1.807, 2.05) is 6.92 Å². The second-order valence-electron chi connectivity index (χ2n) is 8.47. The van der Waals surface area contributed by atoms with Gasteiger partial charge in [0.25, 0.3) is 15.9 Å². The summed E-state index contributed by atoms with van der Waals surface area (Å²) in [4.78, 5) is 25.1. The van der Waals surface area contributed by atoms with Crippen molar-refractivity contribution < 1.29 is 27.5 Å². The van der Waals surface area contributed by atoms with Crippen LogP contribution in [-0.4, -0.2) is 33.6 Å². The standard InChI is InChI=1S/C29H24ClN3O6S/c1-19-7-14-23(15-8-19)40(36,37)33-22-12-10-21(11-13-22)28(34)32-31-18-20-9-16-26(27(17-20)38-2)39-29(35)24-5-3-4-6-25(24)30/h3-18,33H,1-2H3,(H,32,34)/b31-18-. The molecule has 0 aromatic heterocycles.